The van der Waals surface area contributed by atoms with Crippen LogP contribution in [0, 0.1) is 5.92 Å². The molecule has 0 atom stereocenters. The van der Waals surface area contributed by atoms with Crippen molar-refractivity contribution in [2.45, 2.75) is 70.8 Å². The SMILES string of the molecule is CCCNC(=O)CCCC(=O)NC1(C(=O)O)CCC(C)CC1. The second kappa shape index (κ2) is 8.76. The van der Waals surface area contributed by atoms with Crippen molar-refractivity contribution in [2.24, 2.45) is 5.92 Å². The third-order valence-corrected chi connectivity index (χ3v) is 4.30. The van der Waals surface area contributed by atoms with Crippen LogP contribution in [0.5, 0.6) is 0 Å². The van der Waals surface area contributed by atoms with Crippen LogP contribution in [0.2, 0.25) is 0 Å². The summed E-state index contributed by atoms with van der Waals surface area (Å²) in [5.41, 5.74) is -1.12. The number of hydrogen-bond donors (Lipinski definition) is 3. The Bertz CT molecular complexity index is 401. The van der Waals surface area contributed by atoms with E-state index in [-0.39, 0.29) is 18.2 Å². The van der Waals surface area contributed by atoms with E-state index in [1.54, 1.807) is 0 Å². The molecule has 1 saturated carbocycles. The van der Waals surface area contributed by atoms with E-state index in [0.717, 1.165) is 19.3 Å². The first-order chi connectivity index (χ1) is 10.4. The van der Waals surface area contributed by atoms with Crippen LogP contribution in [-0.4, -0.2) is 35.0 Å². The monoisotopic (exact) mass is 312 g/mol. The number of aliphatic carboxylic acids is 1. The summed E-state index contributed by atoms with van der Waals surface area (Å²) < 4.78 is 0. The number of nitrogens with one attached hydrogen (secondary N) is 2. The molecule has 0 aromatic heterocycles. The Balaban J connectivity index is 2.38. The lowest BCUT2D eigenvalue weighted by Gasteiger charge is -2.36. The molecule has 0 bridgehead atoms. The Kier molecular flexibility index (Phi) is 7.35. The smallest absolute Gasteiger partial charge is 0.329 e. The number of carbonyl (C=O) groups excluding carboxylic acids is 2. The van der Waals surface area contributed by atoms with Crippen LogP contribution >= 0.6 is 0 Å². The molecular weight excluding hydrogens is 284 g/mol. The molecule has 0 aromatic carbocycles. The summed E-state index contributed by atoms with van der Waals surface area (Å²) in [6, 6.07) is 0. The van der Waals surface area contributed by atoms with Gasteiger partial charge in [0.1, 0.15) is 5.54 Å². The lowest BCUT2D eigenvalue weighted by atomic mass is 9.77. The fourth-order valence-corrected chi connectivity index (χ4v) is 2.74. The first kappa shape index (κ1) is 18.5. The molecule has 3 N–H and O–H groups in total. The van der Waals surface area contributed by atoms with Gasteiger partial charge in [-0.1, -0.05) is 13.8 Å². The second-order valence-electron chi connectivity index (χ2n) is 6.32. The van der Waals surface area contributed by atoms with E-state index < -0.39 is 11.5 Å². The van der Waals surface area contributed by atoms with Crippen LogP contribution < -0.4 is 10.6 Å². The summed E-state index contributed by atoms with van der Waals surface area (Å²) in [6.07, 6.45) is 4.38. The van der Waals surface area contributed by atoms with E-state index in [4.69, 9.17) is 0 Å². The van der Waals surface area contributed by atoms with Gasteiger partial charge >= 0.3 is 5.97 Å². The quantitative estimate of drug-likeness (QED) is 0.637. The number of carboxylic acid groups (broad SMARTS) is 1. The summed E-state index contributed by atoms with van der Waals surface area (Å²) >= 11 is 0. The Labute approximate surface area is 132 Å². The van der Waals surface area contributed by atoms with E-state index in [2.05, 4.69) is 17.6 Å². The first-order valence-corrected chi connectivity index (χ1v) is 8.20. The Morgan fingerprint density at radius 2 is 1.73 bits per heavy atom. The maximum absolute atomic E-state index is 12.0. The molecule has 126 valence electrons. The summed E-state index contributed by atoms with van der Waals surface area (Å²) in [4.78, 5) is 35.0. The number of hydrogen-bond acceptors (Lipinski definition) is 3. The van der Waals surface area contributed by atoms with Gasteiger partial charge in [0.25, 0.3) is 0 Å². The molecule has 0 heterocycles. The topological polar surface area (TPSA) is 95.5 Å². The third kappa shape index (κ3) is 5.66. The Morgan fingerprint density at radius 3 is 2.27 bits per heavy atom. The fraction of sp³-hybridized carbons (Fsp3) is 0.812. The van der Waals surface area contributed by atoms with Gasteiger partial charge in [-0.05, 0) is 44.4 Å². The maximum atomic E-state index is 12.0. The molecular formula is C16H28N2O4. The number of carboxylic acids is 1. The van der Waals surface area contributed by atoms with Crippen LogP contribution in [0.4, 0.5) is 0 Å². The van der Waals surface area contributed by atoms with Crippen molar-refractivity contribution in [3.8, 4) is 0 Å². The minimum Gasteiger partial charge on any atom is -0.480 e. The highest BCUT2D eigenvalue weighted by Crippen LogP contribution is 2.32. The molecule has 0 unspecified atom stereocenters. The Hall–Kier alpha value is -1.59. The van der Waals surface area contributed by atoms with Gasteiger partial charge in [-0.25, -0.2) is 4.79 Å². The van der Waals surface area contributed by atoms with Crippen LogP contribution in [0.15, 0.2) is 0 Å². The van der Waals surface area contributed by atoms with Crippen molar-refractivity contribution < 1.29 is 19.5 Å². The summed E-state index contributed by atoms with van der Waals surface area (Å²) in [5.74, 6) is -0.783. The van der Waals surface area contributed by atoms with Gasteiger partial charge in [-0.3, -0.25) is 9.59 Å². The first-order valence-electron chi connectivity index (χ1n) is 8.20. The van der Waals surface area contributed by atoms with Gasteiger partial charge in [0, 0.05) is 19.4 Å². The molecule has 0 spiro atoms. The number of carbonyl (C=O) groups is 3. The lowest BCUT2D eigenvalue weighted by molar-refractivity contribution is -0.149. The molecule has 0 radical (unpaired) electrons. The predicted octanol–water partition coefficient (Wildman–Crippen LogP) is 1.83. The zero-order valence-corrected chi connectivity index (χ0v) is 13.6. The van der Waals surface area contributed by atoms with Crippen molar-refractivity contribution in [3.05, 3.63) is 0 Å². The molecule has 1 aliphatic carbocycles. The summed E-state index contributed by atoms with van der Waals surface area (Å²) in [7, 11) is 0. The zero-order valence-electron chi connectivity index (χ0n) is 13.6. The number of rotatable bonds is 8. The molecule has 0 aromatic rings. The van der Waals surface area contributed by atoms with Crippen molar-refractivity contribution in [3.63, 3.8) is 0 Å². The van der Waals surface area contributed by atoms with E-state index in [0.29, 0.717) is 38.1 Å². The van der Waals surface area contributed by atoms with Gasteiger partial charge in [0.05, 0.1) is 0 Å². The fourth-order valence-electron chi connectivity index (χ4n) is 2.74. The molecule has 22 heavy (non-hydrogen) atoms. The van der Waals surface area contributed by atoms with E-state index >= 15 is 0 Å². The van der Waals surface area contributed by atoms with Crippen LogP contribution in [0.1, 0.15) is 65.2 Å². The highest BCUT2D eigenvalue weighted by atomic mass is 16.4. The van der Waals surface area contributed by atoms with Gasteiger partial charge in [0.2, 0.25) is 11.8 Å². The molecule has 2 amide bonds. The van der Waals surface area contributed by atoms with Crippen molar-refractivity contribution in [2.75, 3.05) is 6.54 Å². The standard InChI is InChI=1S/C16H28N2O4/c1-3-11-17-13(19)5-4-6-14(20)18-16(15(21)22)9-7-12(2)8-10-16/h12H,3-11H2,1-2H3,(H,17,19)(H,18,20)(H,21,22). The number of amides is 2. The third-order valence-electron chi connectivity index (χ3n) is 4.30. The van der Waals surface area contributed by atoms with Gasteiger partial charge in [0.15, 0.2) is 0 Å². The molecule has 6 heteroatoms. The van der Waals surface area contributed by atoms with Crippen molar-refractivity contribution in [1.29, 1.82) is 0 Å². The predicted molar refractivity (Wildman–Crippen MR) is 83.3 cm³/mol. The largest absolute Gasteiger partial charge is 0.480 e. The van der Waals surface area contributed by atoms with Crippen LogP contribution in [0.25, 0.3) is 0 Å². The minimum atomic E-state index is -1.12. The van der Waals surface area contributed by atoms with Crippen molar-refractivity contribution >= 4 is 17.8 Å². The molecule has 0 aliphatic heterocycles. The average molecular weight is 312 g/mol. The van der Waals surface area contributed by atoms with Gasteiger partial charge < -0.3 is 15.7 Å². The highest BCUT2D eigenvalue weighted by Gasteiger charge is 2.42. The van der Waals surface area contributed by atoms with E-state index in [1.807, 2.05) is 6.92 Å². The Morgan fingerprint density at radius 1 is 1.14 bits per heavy atom. The van der Waals surface area contributed by atoms with Gasteiger partial charge in [-0.15, -0.1) is 0 Å². The average Bonchev–Trinajstić information content (AvgIpc) is 2.47. The molecule has 1 rings (SSSR count). The lowest BCUT2D eigenvalue weighted by Crippen LogP contribution is -2.56. The molecule has 1 fully saturated rings. The second-order valence-corrected chi connectivity index (χ2v) is 6.32. The molecule has 6 nitrogen and oxygen atoms in total. The zero-order chi connectivity index (χ0) is 16.6. The maximum Gasteiger partial charge on any atom is 0.329 e. The highest BCUT2D eigenvalue weighted by molar-refractivity contribution is 5.87. The van der Waals surface area contributed by atoms with Crippen LogP contribution in [-0.2, 0) is 14.4 Å². The minimum absolute atomic E-state index is 0.0610. The summed E-state index contributed by atoms with van der Waals surface area (Å²) in [5, 5.41) is 14.9. The van der Waals surface area contributed by atoms with E-state index in [9.17, 15) is 19.5 Å². The van der Waals surface area contributed by atoms with Crippen molar-refractivity contribution in [1.82, 2.24) is 10.6 Å². The molecule has 1 aliphatic rings. The van der Waals surface area contributed by atoms with Crippen LogP contribution in [0.3, 0.4) is 0 Å². The molecule has 0 saturated heterocycles. The van der Waals surface area contributed by atoms with E-state index in [1.165, 1.54) is 0 Å². The van der Waals surface area contributed by atoms with Gasteiger partial charge in [-0.2, -0.15) is 0 Å². The normalized spacial score (nSPS) is 24.5. The summed E-state index contributed by atoms with van der Waals surface area (Å²) in [6.45, 7) is 4.72.